The Morgan fingerprint density at radius 1 is 1.18 bits per heavy atom. The van der Waals surface area contributed by atoms with Gasteiger partial charge in [0.15, 0.2) is 5.11 Å². The lowest BCUT2D eigenvalue weighted by atomic mass is 9.96. The summed E-state index contributed by atoms with van der Waals surface area (Å²) in [5, 5.41) is 3.97. The summed E-state index contributed by atoms with van der Waals surface area (Å²) in [6.45, 7) is 4.15. The number of thiocarbonyl (C=S) groups is 1. The number of aryl methyl sites for hydroxylation is 1. The number of nitrogens with zero attached hydrogens (tertiary/aromatic N) is 3. The van der Waals surface area contributed by atoms with Gasteiger partial charge in [0, 0.05) is 30.3 Å². The molecule has 8 nitrogen and oxygen atoms in total. The van der Waals surface area contributed by atoms with Crippen molar-refractivity contribution < 1.29 is 13.2 Å². The van der Waals surface area contributed by atoms with Crippen LogP contribution < -0.4 is 19.7 Å². The molecule has 0 unspecified atom stereocenters. The van der Waals surface area contributed by atoms with Gasteiger partial charge in [-0.15, -0.1) is 0 Å². The van der Waals surface area contributed by atoms with E-state index in [1.54, 1.807) is 18.3 Å². The number of pyridine rings is 1. The Bertz CT molecular complexity index is 1310. The molecule has 10 heteroatoms. The molecule has 1 fully saturated rings. The molecule has 1 aliphatic rings. The number of hydrogen-bond donors (Lipinski definition) is 2. The fourth-order valence-corrected chi connectivity index (χ4v) is 5.16. The summed E-state index contributed by atoms with van der Waals surface area (Å²) in [6.07, 6.45) is 2.88. The molecule has 2 atom stereocenters. The van der Waals surface area contributed by atoms with Gasteiger partial charge in [0.1, 0.15) is 5.75 Å². The van der Waals surface area contributed by atoms with Crippen molar-refractivity contribution in [2.45, 2.75) is 25.9 Å². The van der Waals surface area contributed by atoms with Gasteiger partial charge in [0.25, 0.3) is 0 Å². The lowest BCUT2D eigenvalue weighted by Crippen LogP contribution is -2.29. The smallest absolute Gasteiger partial charge is 0.229 e. The summed E-state index contributed by atoms with van der Waals surface area (Å²) in [5.74, 6) is 0.423. The van der Waals surface area contributed by atoms with Gasteiger partial charge in [-0.25, -0.2) is 8.42 Å². The van der Waals surface area contributed by atoms with Crippen LogP contribution in [0.15, 0.2) is 48.7 Å². The van der Waals surface area contributed by atoms with E-state index in [0.717, 1.165) is 34.6 Å². The van der Waals surface area contributed by atoms with E-state index in [1.807, 2.05) is 36.2 Å². The first-order chi connectivity index (χ1) is 15.6. The van der Waals surface area contributed by atoms with Crippen LogP contribution in [-0.2, 0) is 17.1 Å². The summed E-state index contributed by atoms with van der Waals surface area (Å²) in [4.78, 5) is 6.60. The second-order valence-corrected chi connectivity index (χ2v) is 10.3. The topological polar surface area (TPSA) is 88.5 Å². The summed E-state index contributed by atoms with van der Waals surface area (Å²) in [7, 11) is 0.0364. The van der Waals surface area contributed by atoms with E-state index < -0.39 is 10.0 Å². The normalized spacial score (nSPS) is 18.3. The van der Waals surface area contributed by atoms with Crippen LogP contribution in [0.2, 0.25) is 0 Å². The number of benzene rings is 1. The van der Waals surface area contributed by atoms with Crippen molar-refractivity contribution in [1.29, 1.82) is 0 Å². The third-order valence-corrected chi connectivity index (χ3v) is 6.89. The lowest BCUT2D eigenvalue weighted by Gasteiger charge is -2.28. The maximum Gasteiger partial charge on any atom is 0.229 e. The maximum atomic E-state index is 11.9. The molecule has 4 rings (SSSR count). The van der Waals surface area contributed by atoms with Crippen molar-refractivity contribution in [2.24, 2.45) is 7.05 Å². The van der Waals surface area contributed by atoms with Crippen LogP contribution in [0, 0.1) is 13.8 Å². The second-order valence-electron chi connectivity index (χ2n) is 8.14. The Balaban J connectivity index is 1.88. The molecule has 3 heterocycles. The molecule has 2 aromatic heterocycles. The minimum atomic E-state index is -3.50. The largest absolute Gasteiger partial charge is 0.495 e. The standard InChI is InChI=1S/C23H27N5O3S2/c1-14-12-17(15(2)27(14)3)22-21(18-8-6-7-11-24-18)25-23(32)28(22)16-9-10-20(31-4)19(13-16)26-33(5,29)30/h6-13,21-22,26H,1-5H3,(H,25,32)/t21-,22+/m1/s1. The number of hydrogen-bond acceptors (Lipinski definition) is 5. The van der Waals surface area contributed by atoms with Gasteiger partial charge in [0.05, 0.1) is 36.8 Å². The minimum absolute atomic E-state index is 0.187. The van der Waals surface area contributed by atoms with E-state index >= 15 is 0 Å². The van der Waals surface area contributed by atoms with Gasteiger partial charge in [-0.3, -0.25) is 9.71 Å². The Hall–Kier alpha value is -3.11. The summed E-state index contributed by atoms with van der Waals surface area (Å²) in [6, 6.07) is 13.0. The van der Waals surface area contributed by atoms with Gasteiger partial charge < -0.3 is 19.5 Å². The monoisotopic (exact) mass is 485 g/mol. The van der Waals surface area contributed by atoms with Gasteiger partial charge in [0.2, 0.25) is 10.0 Å². The first-order valence-electron chi connectivity index (χ1n) is 10.4. The number of aromatic nitrogens is 2. The van der Waals surface area contributed by atoms with E-state index in [9.17, 15) is 8.42 Å². The van der Waals surface area contributed by atoms with Crippen LogP contribution in [-0.4, -0.2) is 36.4 Å². The zero-order valence-corrected chi connectivity index (χ0v) is 20.8. The number of ether oxygens (including phenoxy) is 1. The predicted molar refractivity (Wildman–Crippen MR) is 134 cm³/mol. The fraction of sp³-hybridized carbons (Fsp3) is 0.304. The molecule has 3 aromatic rings. The molecule has 0 aliphatic carbocycles. The Kier molecular flexibility index (Phi) is 6.06. The highest BCUT2D eigenvalue weighted by Crippen LogP contribution is 2.44. The zero-order chi connectivity index (χ0) is 23.9. The van der Waals surface area contributed by atoms with Crippen molar-refractivity contribution in [2.75, 3.05) is 23.0 Å². The molecule has 1 aliphatic heterocycles. The SMILES string of the molecule is COc1ccc(N2C(=S)N[C@H](c3ccccn3)[C@@H]2c2cc(C)n(C)c2C)cc1NS(C)(=O)=O. The minimum Gasteiger partial charge on any atom is -0.495 e. The van der Waals surface area contributed by atoms with Crippen molar-refractivity contribution in [3.63, 3.8) is 0 Å². The molecule has 0 radical (unpaired) electrons. The average Bonchev–Trinajstić information content (AvgIpc) is 3.24. The second kappa shape index (κ2) is 8.68. The van der Waals surface area contributed by atoms with Crippen LogP contribution in [0.1, 0.15) is 34.7 Å². The van der Waals surface area contributed by atoms with Gasteiger partial charge in [-0.05, 0) is 68.0 Å². The third-order valence-electron chi connectivity index (χ3n) is 5.99. The van der Waals surface area contributed by atoms with E-state index in [4.69, 9.17) is 17.0 Å². The Labute approximate surface area is 199 Å². The molecule has 0 spiro atoms. The van der Waals surface area contributed by atoms with Crippen LogP contribution in [0.5, 0.6) is 5.75 Å². The van der Waals surface area contributed by atoms with E-state index in [-0.39, 0.29) is 12.1 Å². The molecule has 0 amide bonds. The number of anilines is 2. The van der Waals surface area contributed by atoms with Crippen molar-refractivity contribution in [3.8, 4) is 5.75 Å². The fourth-order valence-electron chi connectivity index (χ4n) is 4.26. The quantitative estimate of drug-likeness (QED) is 0.516. The summed E-state index contributed by atoms with van der Waals surface area (Å²) in [5.41, 5.74) is 5.33. The van der Waals surface area contributed by atoms with Crippen LogP contribution in [0.4, 0.5) is 11.4 Å². The summed E-state index contributed by atoms with van der Waals surface area (Å²) < 4.78 is 33.9. The highest BCUT2D eigenvalue weighted by Gasteiger charge is 2.42. The highest BCUT2D eigenvalue weighted by atomic mass is 32.2. The average molecular weight is 486 g/mol. The van der Waals surface area contributed by atoms with Crippen LogP contribution in [0.3, 0.4) is 0 Å². The summed E-state index contributed by atoms with van der Waals surface area (Å²) >= 11 is 5.78. The molecule has 2 N–H and O–H groups in total. The third kappa shape index (κ3) is 4.40. The van der Waals surface area contributed by atoms with Gasteiger partial charge in [-0.2, -0.15) is 0 Å². The van der Waals surface area contributed by atoms with E-state index in [0.29, 0.717) is 16.5 Å². The lowest BCUT2D eigenvalue weighted by molar-refractivity contribution is 0.417. The van der Waals surface area contributed by atoms with E-state index in [2.05, 4.69) is 39.5 Å². The molecule has 1 saturated heterocycles. The maximum absolute atomic E-state index is 11.9. The number of rotatable bonds is 6. The van der Waals surface area contributed by atoms with Crippen molar-refractivity contribution in [1.82, 2.24) is 14.9 Å². The first-order valence-corrected chi connectivity index (χ1v) is 12.7. The molecule has 0 saturated carbocycles. The van der Waals surface area contributed by atoms with Crippen molar-refractivity contribution in [3.05, 3.63) is 71.3 Å². The predicted octanol–water partition coefficient (Wildman–Crippen LogP) is 3.59. The molecule has 0 bridgehead atoms. The number of methoxy groups -OCH3 is 1. The molecular weight excluding hydrogens is 458 g/mol. The molecular formula is C23H27N5O3S2. The van der Waals surface area contributed by atoms with Crippen LogP contribution in [0.25, 0.3) is 0 Å². The highest BCUT2D eigenvalue weighted by molar-refractivity contribution is 7.92. The van der Waals surface area contributed by atoms with Gasteiger partial charge in [-0.1, -0.05) is 6.07 Å². The Morgan fingerprint density at radius 2 is 1.94 bits per heavy atom. The number of sulfonamides is 1. The molecule has 33 heavy (non-hydrogen) atoms. The molecule has 174 valence electrons. The van der Waals surface area contributed by atoms with Gasteiger partial charge >= 0.3 is 0 Å². The molecule has 1 aromatic carbocycles. The van der Waals surface area contributed by atoms with Crippen LogP contribution >= 0.6 is 12.2 Å². The first kappa shape index (κ1) is 23.1. The Morgan fingerprint density at radius 3 is 2.52 bits per heavy atom. The van der Waals surface area contributed by atoms with Crippen molar-refractivity contribution >= 4 is 38.7 Å². The van der Waals surface area contributed by atoms with E-state index in [1.165, 1.54) is 7.11 Å². The zero-order valence-electron chi connectivity index (χ0n) is 19.2. The number of nitrogens with one attached hydrogen (secondary N) is 2.